The lowest BCUT2D eigenvalue weighted by Crippen LogP contribution is -2.23. The van der Waals surface area contributed by atoms with E-state index in [-0.39, 0.29) is 11.9 Å². The molecule has 0 bridgehead atoms. The molecule has 4 rings (SSSR count). The molecule has 5 nitrogen and oxygen atoms in total. The fourth-order valence-electron chi connectivity index (χ4n) is 2.74. The number of anilines is 1. The Labute approximate surface area is 136 Å². The van der Waals surface area contributed by atoms with E-state index in [1.165, 1.54) is 12.1 Å². The Kier molecular flexibility index (Phi) is 3.74. The maximum absolute atomic E-state index is 13.2. The second-order valence-corrected chi connectivity index (χ2v) is 6.70. The molecule has 1 fully saturated rings. The number of oxazole rings is 1. The van der Waals surface area contributed by atoms with Gasteiger partial charge in [-0.3, -0.25) is 0 Å². The van der Waals surface area contributed by atoms with Crippen LogP contribution in [0.3, 0.4) is 0 Å². The number of fused-ring (bicyclic) bond motifs is 1. The normalized spacial score (nSPS) is 18.2. The van der Waals surface area contributed by atoms with Gasteiger partial charge in [0.05, 0.1) is 23.4 Å². The fourth-order valence-corrected chi connectivity index (χ4v) is 3.34. The van der Waals surface area contributed by atoms with Crippen LogP contribution in [0.2, 0.25) is 0 Å². The molecule has 0 N–H and O–H groups in total. The predicted octanol–water partition coefficient (Wildman–Crippen LogP) is 3.53. The van der Waals surface area contributed by atoms with Gasteiger partial charge in [-0.15, -0.1) is 11.3 Å². The molecule has 1 aromatic carbocycles. The van der Waals surface area contributed by atoms with E-state index < -0.39 is 0 Å². The molecule has 1 unspecified atom stereocenters. The zero-order chi connectivity index (χ0) is 15.8. The van der Waals surface area contributed by atoms with Gasteiger partial charge >= 0.3 is 0 Å². The Morgan fingerprint density at radius 3 is 3.17 bits per heavy atom. The molecule has 0 aliphatic carbocycles. The van der Waals surface area contributed by atoms with Gasteiger partial charge < -0.3 is 14.1 Å². The number of rotatable bonds is 4. The minimum Gasteiger partial charge on any atom is -0.423 e. The average Bonchev–Trinajstić information content (AvgIpc) is 3.23. The largest absolute Gasteiger partial charge is 0.423 e. The molecule has 3 aromatic rings. The minimum absolute atomic E-state index is 0.128. The van der Waals surface area contributed by atoms with Crippen molar-refractivity contribution in [3.05, 3.63) is 40.1 Å². The number of hydrogen-bond acceptors (Lipinski definition) is 6. The van der Waals surface area contributed by atoms with Crippen LogP contribution in [0.5, 0.6) is 0 Å². The highest BCUT2D eigenvalue weighted by atomic mass is 32.1. The van der Waals surface area contributed by atoms with Crippen LogP contribution in [-0.4, -0.2) is 29.2 Å². The molecule has 120 valence electrons. The predicted molar refractivity (Wildman–Crippen MR) is 86.2 cm³/mol. The zero-order valence-electron chi connectivity index (χ0n) is 12.7. The highest BCUT2D eigenvalue weighted by Gasteiger charge is 2.26. The molecule has 0 spiro atoms. The van der Waals surface area contributed by atoms with Crippen molar-refractivity contribution in [3.63, 3.8) is 0 Å². The molecule has 1 aliphatic heterocycles. The number of halogens is 1. The third kappa shape index (κ3) is 3.07. The number of thiazole rings is 1. The standard InChI is InChI=1S/C16H16FN3O2S/c1-10-18-12(9-23-10)8-21-13-4-5-20(7-13)16-19-14-6-11(17)2-3-15(14)22-16/h2-3,6,9,13H,4-5,7-8H2,1H3. The summed E-state index contributed by atoms with van der Waals surface area (Å²) in [5.74, 6) is -0.307. The van der Waals surface area contributed by atoms with Crippen LogP contribution in [0.15, 0.2) is 28.0 Å². The van der Waals surface area contributed by atoms with Gasteiger partial charge in [0, 0.05) is 24.5 Å². The van der Waals surface area contributed by atoms with E-state index in [1.54, 1.807) is 17.4 Å². The van der Waals surface area contributed by atoms with E-state index in [2.05, 4.69) is 9.97 Å². The van der Waals surface area contributed by atoms with E-state index in [0.29, 0.717) is 23.7 Å². The van der Waals surface area contributed by atoms with Gasteiger partial charge in [0.1, 0.15) is 11.3 Å². The molecule has 0 amide bonds. The summed E-state index contributed by atoms with van der Waals surface area (Å²) in [6.45, 7) is 4.05. The van der Waals surface area contributed by atoms with Crippen molar-refractivity contribution in [1.29, 1.82) is 0 Å². The summed E-state index contributed by atoms with van der Waals surface area (Å²) in [5, 5.41) is 3.08. The molecule has 2 aromatic heterocycles. The van der Waals surface area contributed by atoms with Crippen LogP contribution in [-0.2, 0) is 11.3 Å². The molecule has 1 atom stereocenters. The summed E-state index contributed by atoms with van der Waals surface area (Å²) < 4.78 is 24.9. The summed E-state index contributed by atoms with van der Waals surface area (Å²) in [5.41, 5.74) is 2.12. The molecule has 0 radical (unpaired) electrons. The molecular formula is C16H16FN3O2S. The Bertz CT molecular complexity index is 832. The third-order valence-corrected chi connectivity index (χ3v) is 4.71. The van der Waals surface area contributed by atoms with E-state index in [4.69, 9.17) is 9.15 Å². The first kappa shape index (κ1) is 14.6. The van der Waals surface area contributed by atoms with Crippen LogP contribution in [0.4, 0.5) is 10.4 Å². The highest BCUT2D eigenvalue weighted by molar-refractivity contribution is 7.09. The number of ether oxygens (including phenoxy) is 1. The van der Waals surface area contributed by atoms with Crippen molar-refractivity contribution in [2.45, 2.75) is 26.1 Å². The molecule has 7 heteroatoms. The van der Waals surface area contributed by atoms with Crippen molar-refractivity contribution in [1.82, 2.24) is 9.97 Å². The Morgan fingerprint density at radius 2 is 2.35 bits per heavy atom. The van der Waals surface area contributed by atoms with E-state index in [9.17, 15) is 4.39 Å². The van der Waals surface area contributed by atoms with Crippen molar-refractivity contribution >= 4 is 28.5 Å². The van der Waals surface area contributed by atoms with Gasteiger partial charge in [0.25, 0.3) is 6.01 Å². The molecule has 23 heavy (non-hydrogen) atoms. The van der Waals surface area contributed by atoms with Crippen molar-refractivity contribution in [3.8, 4) is 0 Å². The number of aryl methyl sites for hydroxylation is 1. The van der Waals surface area contributed by atoms with Crippen LogP contribution < -0.4 is 4.90 Å². The smallest absolute Gasteiger partial charge is 0.298 e. The fraction of sp³-hybridized carbons (Fsp3) is 0.375. The van der Waals surface area contributed by atoms with Crippen molar-refractivity contribution in [2.24, 2.45) is 0 Å². The first-order valence-electron chi connectivity index (χ1n) is 7.51. The molecular weight excluding hydrogens is 317 g/mol. The van der Waals surface area contributed by atoms with Gasteiger partial charge in [-0.2, -0.15) is 4.98 Å². The quantitative estimate of drug-likeness (QED) is 0.731. The lowest BCUT2D eigenvalue weighted by atomic mass is 10.3. The topological polar surface area (TPSA) is 51.4 Å². The van der Waals surface area contributed by atoms with E-state index >= 15 is 0 Å². The molecule has 1 saturated heterocycles. The number of aromatic nitrogens is 2. The SMILES string of the molecule is Cc1nc(COC2CCN(c3nc4cc(F)ccc4o3)C2)cs1. The molecule has 3 heterocycles. The summed E-state index contributed by atoms with van der Waals surface area (Å²) >= 11 is 1.63. The highest BCUT2D eigenvalue weighted by Crippen LogP contribution is 2.26. The van der Waals surface area contributed by atoms with Crippen LogP contribution in [0.25, 0.3) is 11.1 Å². The van der Waals surface area contributed by atoms with Gasteiger partial charge in [0.2, 0.25) is 0 Å². The summed E-state index contributed by atoms with van der Waals surface area (Å²) in [6, 6.07) is 4.90. The summed E-state index contributed by atoms with van der Waals surface area (Å²) in [4.78, 5) is 10.8. The summed E-state index contributed by atoms with van der Waals surface area (Å²) in [7, 11) is 0. The van der Waals surface area contributed by atoms with Gasteiger partial charge in [-0.05, 0) is 25.5 Å². The maximum atomic E-state index is 13.2. The maximum Gasteiger partial charge on any atom is 0.298 e. The average molecular weight is 333 g/mol. The monoisotopic (exact) mass is 333 g/mol. The van der Waals surface area contributed by atoms with Crippen molar-refractivity contribution < 1.29 is 13.5 Å². The van der Waals surface area contributed by atoms with Crippen molar-refractivity contribution in [2.75, 3.05) is 18.0 Å². The van der Waals surface area contributed by atoms with E-state index in [0.717, 1.165) is 30.2 Å². The lowest BCUT2D eigenvalue weighted by Gasteiger charge is -2.13. The number of nitrogens with zero attached hydrogens (tertiary/aromatic N) is 3. The minimum atomic E-state index is -0.307. The van der Waals surface area contributed by atoms with Crippen LogP contribution in [0.1, 0.15) is 17.1 Å². The molecule has 0 saturated carbocycles. The van der Waals surface area contributed by atoms with Gasteiger partial charge in [0.15, 0.2) is 5.58 Å². The Balaban J connectivity index is 1.40. The number of hydrogen-bond donors (Lipinski definition) is 0. The lowest BCUT2D eigenvalue weighted by molar-refractivity contribution is 0.0534. The Hall–Kier alpha value is -1.99. The van der Waals surface area contributed by atoms with Gasteiger partial charge in [-0.25, -0.2) is 9.37 Å². The number of benzene rings is 1. The second kappa shape index (κ2) is 5.90. The Morgan fingerprint density at radius 1 is 1.43 bits per heavy atom. The van der Waals surface area contributed by atoms with E-state index in [1.807, 2.05) is 17.2 Å². The summed E-state index contributed by atoms with van der Waals surface area (Å²) in [6.07, 6.45) is 1.04. The third-order valence-electron chi connectivity index (χ3n) is 3.89. The van der Waals surface area contributed by atoms with Crippen LogP contribution >= 0.6 is 11.3 Å². The first-order valence-corrected chi connectivity index (χ1v) is 8.39. The zero-order valence-corrected chi connectivity index (χ0v) is 13.5. The second-order valence-electron chi connectivity index (χ2n) is 5.63. The van der Waals surface area contributed by atoms with Gasteiger partial charge in [-0.1, -0.05) is 0 Å². The first-order chi connectivity index (χ1) is 11.2. The molecule has 1 aliphatic rings. The van der Waals surface area contributed by atoms with Crippen LogP contribution in [0, 0.1) is 12.7 Å².